The van der Waals surface area contributed by atoms with Crippen LogP contribution in [0.5, 0.6) is 0 Å². The number of nitrogens with zero attached hydrogens (tertiary/aromatic N) is 3. The normalized spacial score (nSPS) is 17.4. The Morgan fingerprint density at radius 3 is 3.10 bits per heavy atom. The third-order valence-corrected chi connectivity index (χ3v) is 4.88. The van der Waals surface area contributed by atoms with Crippen LogP contribution in [-0.4, -0.2) is 27.1 Å². The molecule has 1 atom stereocenters. The van der Waals surface area contributed by atoms with Crippen molar-refractivity contribution in [2.45, 2.75) is 37.8 Å². The molecule has 3 rings (SSSR count). The molecule has 1 N–H and O–H groups in total. The summed E-state index contributed by atoms with van der Waals surface area (Å²) in [5.74, 6) is 3.22. The van der Waals surface area contributed by atoms with E-state index in [1.54, 1.807) is 0 Å². The summed E-state index contributed by atoms with van der Waals surface area (Å²) in [6.07, 6.45) is 1.86. The van der Waals surface area contributed by atoms with E-state index >= 15 is 0 Å². The molecule has 1 aromatic heterocycles. The number of rotatable bonds is 6. The maximum absolute atomic E-state index is 4.58. The van der Waals surface area contributed by atoms with Crippen LogP contribution in [0, 0.1) is 5.92 Å². The van der Waals surface area contributed by atoms with Gasteiger partial charge in [-0.1, -0.05) is 32.0 Å². The highest BCUT2D eigenvalue weighted by molar-refractivity contribution is 7.99. The average Bonchev–Trinajstić information content (AvgIpc) is 3.07. The summed E-state index contributed by atoms with van der Waals surface area (Å²) in [6, 6.07) is 8.69. The average molecular weight is 302 g/mol. The minimum absolute atomic E-state index is 0.546. The van der Waals surface area contributed by atoms with Crippen molar-refractivity contribution in [3.63, 3.8) is 0 Å². The summed E-state index contributed by atoms with van der Waals surface area (Å²) in [5, 5.41) is 7.96. The van der Waals surface area contributed by atoms with Gasteiger partial charge in [-0.2, -0.15) is 5.10 Å². The van der Waals surface area contributed by atoms with Gasteiger partial charge in [-0.15, -0.1) is 11.8 Å². The highest BCUT2D eigenvalue weighted by Crippen LogP contribution is 2.39. The van der Waals surface area contributed by atoms with Crippen molar-refractivity contribution in [2.24, 2.45) is 5.92 Å². The molecule has 1 aliphatic rings. The molecule has 21 heavy (non-hydrogen) atoms. The van der Waals surface area contributed by atoms with E-state index in [1.165, 1.54) is 10.5 Å². The lowest BCUT2D eigenvalue weighted by molar-refractivity contribution is 0.522. The van der Waals surface area contributed by atoms with Crippen LogP contribution < -0.4 is 5.32 Å². The van der Waals surface area contributed by atoms with Crippen LogP contribution in [0.25, 0.3) is 0 Å². The van der Waals surface area contributed by atoms with Crippen molar-refractivity contribution in [2.75, 3.05) is 12.3 Å². The summed E-state index contributed by atoms with van der Waals surface area (Å²) < 4.78 is 1.99. The Labute approximate surface area is 130 Å². The minimum atomic E-state index is 0.546. The van der Waals surface area contributed by atoms with E-state index in [0.717, 1.165) is 31.2 Å². The Bertz CT molecular complexity index is 593. The Hall–Kier alpha value is -1.33. The molecule has 2 heterocycles. The van der Waals surface area contributed by atoms with Crippen LogP contribution in [0.2, 0.25) is 0 Å². The lowest BCUT2D eigenvalue weighted by Crippen LogP contribution is -2.20. The number of thioether (sulfide) groups is 1. The van der Waals surface area contributed by atoms with Gasteiger partial charge >= 0.3 is 0 Å². The van der Waals surface area contributed by atoms with Crippen molar-refractivity contribution in [3.8, 4) is 0 Å². The zero-order valence-corrected chi connectivity index (χ0v) is 13.4. The maximum Gasteiger partial charge on any atom is 0.164 e. The second kappa shape index (κ2) is 6.62. The topological polar surface area (TPSA) is 42.7 Å². The fourth-order valence-electron chi connectivity index (χ4n) is 2.58. The van der Waals surface area contributed by atoms with Crippen molar-refractivity contribution in [1.82, 2.24) is 20.1 Å². The number of aromatic nitrogens is 3. The van der Waals surface area contributed by atoms with Crippen LogP contribution in [0.15, 0.2) is 35.5 Å². The Morgan fingerprint density at radius 2 is 2.24 bits per heavy atom. The maximum atomic E-state index is 4.58. The van der Waals surface area contributed by atoms with E-state index in [2.05, 4.69) is 53.5 Å². The van der Waals surface area contributed by atoms with Gasteiger partial charge in [-0.3, -0.25) is 4.68 Å². The zero-order chi connectivity index (χ0) is 14.7. The number of benzene rings is 1. The monoisotopic (exact) mass is 302 g/mol. The van der Waals surface area contributed by atoms with Gasteiger partial charge in [-0.05, 0) is 24.1 Å². The summed E-state index contributed by atoms with van der Waals surface area (Å²) in [5.41, 5.74) is 1.46. The van der Waals surface area contributed by atoms with E-state index < -0.39 is 0 Å². The highest BCUT2D eigenvalue weighted by atomic mass is 32.2. The van der Waals surface area contributed by atoms with Gasteiger partial charge in [0.05, 0.1) is 13.1 Å². The van der Waals surface area contributed by atoms with Gasteiger partial charge in [0.2, 0.25) is 0 Å². The second-order valence-corrected chi connectivity index (χ2v) is 7.02. The fourth-order valence-corrected chi connectivity index (χ4v) is 3.82. The molecule has 0 amide bonds. The van der Waals surface area contributed by atoms with E-state index in [9.17, 15) is 0 Å². The molecule has 1 unspecified atom stereocenters. The van der Waals surface area contributed by atoms with E-state index in [-0.39, 0.29) is 0 Å². The first kappa shape index (κ1) is 14.6. The number of nitrogens with one attached hydrogen (secondary N) is 1. The Kier molecular flexibility index (Phi) is 4.60. The summed E-state index contributed by atoms with van der Waals surface area (Å²) in [6.45, 7) is 7.08. The van der Waals surface area contributed by atoms with Crippen molar-refractivity contribution >= 4 is 11.8 Å². The predicted octanol–water partition coefficient (Wildman–Crippen LogP) is 2.91. The van der Waals surface area contributed by atoms with E-state index in [0.29, 0.717) is 11.8 Å². The molecule has 112 valence electrons. The summed E-state index contributed by atoms with van der Waals surface area (Å²) in [7, 11) is 0. The van der Waals surface area contributed by atoms with Crippen LogP contribution >= 0.6 is 11.8 Å². The highest BCUT2D eigenvalue weighted by Gasteiger charge is 2.23. The summed E-state index contributed by atoms with van der Waals surface area (Å²) >= 11 is 1.95. The number of hydrogen-bond donors (Lipinski definition) is 1. The lowest BCUT2D eigenvalue weighted by Gasteiger charge is -2.10. The largest absolute Gasteiger partial charge is 0.310 e. The van der Waals surface area contributed by atoms with Crippen LogP contribution in [-0.2, 0) is 13.1 Å². The molecule has 1 aliphatic heterocycles. The van der Waals surface area contributed by atoms with Crippen molar-refractivity contribution in [1.29, 1.82) is 0 Å². The summed E-state index contributed by atoms with van der Waals surface area (Å²) in [4.78, 5) is 5.81. The van der Waals surface area contributed by atoms with E-state index in [1.807, 2.05) is 22.8 Å². The zero-order valence-electron chi connectivity index (χ0n) is 12.6. The lowest BCUT2D eigenvalue weighted by atomic mass is 10.0. The standard InChI is InChI=1S/C16H22N4S/c1-12(2)7-17-8-16-18-11-20(19-16)9-13-10-21-15-6-4-3-5-14(13)15/h3-6,11-13,17H,7-10H2,1-2H3. The van der Waals surface area contributed by atoms with E-state index in [4.69, 9.17) is 0 Å². The van der Waals surface area contributed by atoms with Crippen molar-refractivity contribution < 1.29 is 0 Å². The molecule has 5 heteroatoms. The molecule has 0 saturated carbocycles. The molecule has 1 aromatic carbocycles. The molecule has 0 spiro atoms. The molecule has 2 aromatic rings. The fraction of sp³-hybridized carbons (Fsp3) is 0.500. The smallest absolute Gasteiger partial charge is 0.164 e. The first-order valence-electron chi connectivity index (χ1n) is 7.53. The molecule has 0 fully saturated rings. The van der Waals surface area contributed by atoms with Crippen LogP contribution in [0.3, 0.4) is 0 Å². The minimum Gasteiger partial charge on any atom is -0.310 e. The van der Waals surface area contributed by atoms with Gasteiger partial charge in [0.1, 0.15) is 6.33 Å². The third kappa shape index (κ3) is 3.66. The predicted molar refractivity (Wildman–Crippen MR) is 86.5 cm³/mol. The van der Waals surface area contributed by atoms with Crippen LogP contribution in [0.4, 0.5) is 0 Å². The molecule has 0 bridgehead atoms. The first-order chi connectivity index (χ1) is 10.2. The molecular weight excluding hydrogens is 280 g/mol. The molecule has 0 saturated heterocycles. The quantitative estimate of drug-likeness (QED) is 0.891. The van der Waals surface area contributed by atoms with Gasteiger partial charge in [0.15, 0.2) is 5.82 Å². The first-order valence-corrected chi connectivity index (χ1v) is 8.51. The second-order valence-electron chi connectivity index (χ2n) is 5.95. The third-order valence-electron chi connectivity index (χ3n) is 3.63. The molecule has 0 aliphatic carbocycles. The molecule has 4 nitrogen and oxygen atoms in total. The van der Waals surface area contributed by atoms with Crippen molar-refractivity contribution in [3.05, 3.63) is 42.0 Å². The molecule has 0 radical (unpaired) electrons. The number of hydrogen-bond acceptors (Lipinski definition) is 4. The van der Waals surface area contributed by atoms with Gasteiger partial charge in [0.25, 0.3) is 0 Å². The SMILES string of the molecule is CC(C)CNCc1ncn(CC2CSc3ccccc32)n1. The number of fused-ring (bicyclic) bond motifs is 1. The Balaban J connectivity index is 1.58. The molecular formula is C16H22N4S. The van der Waals surface area contributed by atoms with Crippen LogP contribution in [0.1, 0.15) is 31.2 Å². The van der Waals surface area contributed by atoms with Gasteiger partial charge in [0, 0.05) is 16.6 Å². The Morgan fingerprint density at radius 1 is 1.38 bits per heavy atom. The van der Waals surface area contributed by atoms with Gasteiger partial charge in [-0.25, -0.2) is 4.98 Å². The van der Waals surface area contributed by atoms with Gasteiger partial charge < -0.3 is 5.32 Å².